The average Bonchev–Trinajstić information content (AvgIpc) is 2.83. The fourth-order valence-electron chi connectivity index (χ4n) is 4.44. The molecule has 0 spiro atoms. The van der Waals surface area contributed by atoms with E-state index < -0.39 is 17.3 Å². The maximum Gasteiger partial charge on any atom is 0.331 e. The zero-order valence-corrected chi connectivity index (χ0v) is 18.4. The second-order valence-electron chi connectivity index (χ2n) is 8.39. The molecule has 0 saturated carbocycles. The van der Waals surface area contributed by atoms with Crippen LogP contribution in [0.4, 0.5) is 0 Å². The predicted molar refractivity (Wildman–Crippen MR) is 127 cm³/mol. The van der Waals surface area contributed by atoms with Crippen LogP contribution in [0, 0.1) is 0 Å². The number of nitrogens with one attached hydrogen (secondary N) is 1. The summed E-state index contributed by atoms with van der Waals surface area (Å²) in [5.74, 6) is -0.306. The van der Waals surface area contributed by atoms with Crippen LogP contribution in [0.5, 0.6) is 0 Å². The van der Waals surface area contributed by atoms with Crippen LogP contribution in [0.3, 0.4) is 0 Å². The van der Waals surface area contributed by atoms with Gasteiger partial charge in [-0.1, -0.05) is 54.1 Å². The van der Waals surface area contributed by atoms with Crippen molar-refractivity contribution in [1.82, 2.24) is 14.5 Å². The van der Waals surface area contributed by atoms with Crippen molar-refractivity contribution in [2.45, 2.75) is 44.6 Å². The number of allylic oxidation sites excluding steroid dienone is 1. The van der Waals surface area contributed by atoms with Gasteiger partial charge >= 0.3 is 5.69 Å². The Kier molecular flexibility index (Phi) is 6.69. The Balaban J connectivity index is 1.68. The van der Waals surface area contributed by atoms with Crippen molar-refractivity contribution in [3.05, 3.63) is 92.6 Å². The molecular weight excluding hydrogens is 402 g/mol. The van der Waals surface area contributed by atoms with Gasteiger partial charge in [-0.15, -0.1) is 0 Å². The highest BCUT2D eigenvalue weighted by Gasteiger charge is 2.26. The van der Waals surface area contributed by atoms with Crippen LogP contribution < -0.4 is 16.6 Å². The molecule has 166 valence electrons. The van der Waals surface area contributed by atoms with Crippen LogP contribution in [0.2, 0.25) is 0 Å². The Hall–Kier alpha value is -3.41. The number of benzene rings is 2. The number of fused-ring (bicyclic) bond motifs is 1. The number of hydrogen-bond acceptors (Lipinski definition) is 3. The van der Waals surface area contributed by atoms with Gasteiger partial charge in [-0.2, -0.15) is 0 Å². The van der Waals surface area contributed by atoms with Gasteiger partial charge in [0, 0.05) is 20.0 Å². The lowest BCUT2D eigenvalue weighted by molar-refractivity contribution is -0.124. The first-order valence-electron chi connectivity index (χ1n) is 11.3. The summed E-state index contributed by atoms with van der Waals surface area (Å²) < 4.78 is 2.55. The first-order chi connectivity index (χ1) is 15.6. The van der Waals surface area contributed by atoms with Crippen molar-refractivity contribution in [3.8, 4) is 0 Å². The van der Waals surface area contributed by atoms with E-state index in [-0.39, 0.29) is 12.3 Å². The molecule has 1 N–H and O–H groups in total. The van der Waals surface area contributed by atoms with E-state index in [1.807, 2.05) is 30.3 Å². The summed E-state index contributed by atoms with van der Waals surface area (Å²) in [4.78, 5) is 39.8. The van der Waals surface area contributed by atoms with Crippen LogP contribution in [0.1, 0.15) is 43.7 Å². The van der Waals surface area contributed by atoms with Gasteiger partial charge in [0.25, 0.3) is 5.56 Å². The Morgan fingerprint density at radius 3 is 2.53 bits per heavy atom. The first-order valence-corrected chi connectivity index (χ1v) is 11.3. The van der Waals surface area contributed by atoms with Crippen LogP contribution >= 0.6 is 0 Å². The van der Waals surface area contributed by atoms with E-state index in [9.17, 15) is 14.4 Å². The highest BCUT2D eigenvalue weighted by molar-refractivity contribution is 5.82. The first kappa shape index (κ1) is 21.8. The quantitative estimate of drug-likeness (QED) is 0.582. The summed E-state index contributed by atoms with van der Waals surface area (Å²) in [6.45, 7) is 0.499. The zero-order chi connectivity index (χ0) is 22.5. The molecule has 6 heteroatoms. The molecule has 0 bridgehead atoms. The molecule has 0 fully saturated rings. The normalized spacial score (nSPS) is 14.7. The Morgan fingerprint density at radius 1 is 1.03 bits per heavy atom. The van der Waals surface area contributed by atoms with E-state index in [1.165, 1.54) is 23.0 Å². The molecule has 1 aromatic heterocycles. The number of rotatable bonds is 7. The molecular formula is C26H29N3O3. The van der Waals surface area contributed by atoms with Crippen LogP contribution in [-0.4, -0.2) is 21.6 Å². The van der Waals surface area contributed by atoms with Crippen molar-refractivity contribution < 1.29 is 4.79 Å². The number of para-hydroxylation sites is 1. The van der Waals surface area contributed by atoms with Crippen LogP contribution in [-0.2, 0) is 18.3 Å². The second-order valence-corrected chi connectivity index (χ2v) is 8.39. The van der Waals surface area contributed by atoms with Crippen molar-refractivity contribution in [2.75, 3.05) is 6.54 Å². The molecule has 0 saturated heterocycles. The van der Waals surface area contributed by atoms with Gasteiger partial charge < -0.3 is 5.32 Å². The summed E-state index contributed by atoms with van der Waals surface area (Å²) >= 11 is 0. The topological polar surface area (TPSA) is 73.1 Å². The van der Waals surface area contributed by atoms with Crippen molar-refractivity contribution in [2.24, 2.45) is 7.05 Å². The van der Waals surface area contributed by atoms with Gasteiger partial charge in [-0.05, 0) is 49.8 Å². The highest BCUT2D eigenvalue weighted by atomic mass is 16.2. The maximum absolute atomic E-state index is 13.3. The molecule has 1 unspecified atom stereocenters. The number of nitrogens with zero attached hydrogens (tertiary/aromatic N) is 2. The summed E-state index contributed by atoms with van der Waals surface area (Å²) in [7, 11) is 1.63. The smallest absolute Gasteiger partial charge is 0.331 e. The largest absolute Gasteiger partial charge is 0.354 e. The molecule has 4 rings (SSSR count). The third-order valence-electron chi connectivity index (χ3n) is 6.22. The number of carbonyl (C=O) groups excluding carboxylic acids is 1. The average molecular weight is 432 g/mol. The lowest BCUT2D eigenvalue weighted by Gasteiger charge is -2.21. The third-order valence-corrected chi connectivity index (χ3v) is 6.22. The van der Waals surface area contributed by atoms with Gasteiger partial charge in [0.05, 0.1) is 10.9 Å². The summed E-state index contributed by atoms with van der Waals surface area (Å²) in [6, 6.07) is 15.6. The third kappa shape index (κ3) is 4.59. The number of amides is 1. The monoisotopic (exact) mass is 431 g/mol. The minimum Gasteiger partial charge on any atom is -0.354 e. The van der Waals surface area contributed by atoms with E-state index in [1.54, 1.807) is 31.3 Å². The van der Waals surface area contributed by atoms with Crippen molar-refractivity contribution >= 4 is 16.8 Å². The molecule has 2 aromatic carbocycles. The maximum atomic E-state index is 13.3. The molecule has 1 atom stereocenters. The molecule has 32 heavy (non-hydrogen) atoms. The molecule has 1 aliphatic rings. The van der Waals surface area contributed by atoms with Gasteiger partial charge in [-0.3, -0.25) is 14.2 Å². The molecule has 3 aromatic rings. The van der Waals surface area contributed by atoms with Gasteiger partial charge in [-0.25, -0.2) is 9.36 Å². The number of aryl methyl sites for hydroxylation is 1. The minimum absolute atomic E-state index is 0.267. The van der Waals surface area contributed by atoms with E-state index in [0.29, 0.717) is 17.4 Å². The standard InChI is InChI=1S/C26H29N3O3/c1-28-22-15-9-8-14-21(22)25(31)29(26(28)32)23(18-20-12-6-3-7-13-20)24(30)27-17-16-19-10-4-2-5-11-19/h3,6-10,12-15,23H,2,4-5,11,16-18H2,1H3,(H,27,30). The molecule has 6 nitrogen and oxygen atoms in total. The summed E-state index contributed by atoms with van der Waals surface area (Å²) in [5.41, 5.74) is 1.90. The Morgan fingerprint density at radius 2 is 1.78 bits per heavy atom. The van der Waals surface area contributed by atoms with Gasteiger partial charge in [0.1, 0.15) is 6.04 Å². The number of carbonyl (C=O) groups is 1. The molecule has 0 aliphatic heterocycles. The zero-order valence-electron chi connectivity index (χ0n) is 18.4. The lowest BCUT2D eigenvalue weighted by atomic mass is 9.97. The summed E-state index contributed by atoms with van der Waals surface area (Å²) in [6.07, 6.45) is 7.93. The fourth-order valence-corrected chi connectivity index (χ4v) is 4.44. The summed E-state index contributed by atoms with van der Waals surface area (Å²) in [5, 5.41) is 3.41. The van der Waals surface area contributed by atoms with Crippen LogP contribution in [0.25, 0.3) is 10.9 Å². The van der Waals surface area contributed by atoms with Crippen LogP contribution in [0.15, 0.2) is 75.8 Å². The SMILES string of the molecule is Cn1c(=O)n(C(Cc2ccccc2)C(=O)NCCC2=CCCCC2)c(=O)c2ccccc21. The molecule has 1 amide bonds. The Bertz CT molecular complexity index is 1250. The van der Waals surface area contributed by atoms with E-state index >= 15 is 0 Å². The van der Waals surface area contributed by atoms with E-state index in [2.05, 4.69) is 11.4 Å². The van der Waals surface area contributed by atoms with E-state index in [0.717, 1.165) is 29.4 Å². The molecule has 1 heterocycles. The second kappa shape index (κ2) is 9.81. The number of hydrogen-bond donors (Lipinski definition) is 1. The molecule has 0 radical (unpaired) electrons. The fraction of sp³-hybridized carbons (Fsp3) is 0.346. The highest BCUT2D eigenvalue weighted by Crippen LogP contribution is 2.20. The van der Waals surface area contributed by atoms with E-state index in [4.69, 9.17) is 0 Å². The van der Waals surface area contributed by atoms with Gasteiger partial charge in [0.2, 0.25) is 5.91 Å². The van der Waals surface area contributed by atoms with Crippen molar-refractivity contribution in [1.29, 1.82) is 0 Å². The lowest BCUT2D eigenvalue weighted by Crippen LogP contribution is -2.47. The number of aromatic nitrogens is 2. The Labute approximate surface area is 187 Å². The molecule has 1 aliphatic carbocycles. The minimum atomic E-state index is -0.923. The van der Waals surface area contributed by atoms with Crippen molar-refractivity contribution in [3.63, 3.8) is 0 Å². The predicted octanol–water partition coefficient (Wildman–Crippen LogP) is 3.49. The van der Waals surface area contributed by atoms with Gasteiger partial charge in [0.15, 0.2) is 0 Å².